The number of rotatable bonds is 7. The van der Waals surface area contributed by atoms with Crippen LogP contribution in [0.4, 0.5) is 15.9 Å². The fourth-order valence-electron chi connectivity index (χ4n) is 2.63. The highest BCUT2D eigenvalue weighted by Gasteiger charge is 2.05. The van der Waals surface area contributed by atoms with Crippen LogP contribution in [0.2, 0.25) is 0 Å². The molecule has 0 saturated heterocycles. The highest BCUT2D eigenvalue weighted by atomic mass is 19.1. The van der Waals surface area contributed by atoms with Gasteiger partial charge in [0.1, 0.15) is 11.6 Å². The largest absolute Gasteiger partial charge is 0.383 e. The van der Waals surface area contributed by atoms with Crippen LogP contribution in [0.3, 0.4) is 0 Å². The standard InChI is InChI=1S/C19H21FN4/c1-2-5-15-12-18(16-6-3-4-7-17(16)24-15)21-10-11-22-19-9-8-14(20)13-23-19/h3-4,6-9,12-13H,2,5,10-11H2,1H3,(H,21,24)(H,22,23). The summed E-state index contributed by atoms with van der Waals surface area (Å²) in [6.45, 7) is 3.58. The van der Waals surface area contributed by atoms with Crippen LogP contribution in [0.25, 0.3) is 10.9 Å². The Balaban J connectivity index is 1.66. The first-order chi connectivity index (χ1) is 11.8. The molecule has 0 aliphatic rings. The first kappa shape index (κ1) is 16.2. The van der Waals surface area contributed by atoms with E-state index in [9.17, 15) is 4.39 Å². The van der Waals surface area contributed by atoms with E-state index in [0.29, 0.717) is 12.4 Å². The van der Waals surface area contributed by atoms with Crippen LogP contribution in [0.5, 0.6) is 0 Å². The fourth-order valence-corrected chi connectivity index (χ4v) is 2.63. The summed E-state index contributed by atoms with van der Waals surface area (Å²) in [5, 5.41) is 7.76. The normalized spacial score (nSPS) is 10.8. The van der Waals surface area contributed by atoms with Crippen molar-refractivity contribution in [1.29, 1.82) is 0 Å². The number of benzene rings is 1. The van der Waals surface area contributed by atoms with Gasteiger partial charge in [-0.05, 0) is 30.7 Å². The quantitative estimate of drug-likeness (QED) is 0.638. The van der Waals surface area contributed by atoms with Gasteiger partial charge in [-0.2, -0.15) is 0 Å². The predicted molar refractivity (Wildman–Crippen MR) is 96.9 cm³/mol. The summed E-state index contributed by atoms with van der Waals surface area (Å²) in [5.41, 5.74) is 3.21. The van der Waals surface area contributed by atoms with E-state index >= 15 is 0 Å². The Morgan fingerprint density at radius 2 is 1.88 bits per heavy atom. The van der Waals surface area contributed by atoms with E-state index in [1.807, 2.05) is 18.2 Å². The summed E-state index contributed by atoms with van der Waals surface area (Å²) in [5.74, 6) is 0.342. The number of aryl methyl sites for hydroxylation is 1. The highest BCUT2D eigenvalue weighted by molar-refractivity contribution is 5.91. The third-order valence-corrected chi connectivity index (χ3v) is 3.75. The number of fused-ring (bicyclic) bond motifs is 1. The molecular weight excluding hydrogens is 303 g/mol. The van der Waals surface area contributed by atoms with Gasteiger partial charge < -0.3 is 10.6 Å². The smallest absolute Gasteiger partial charge is 0.141 e. The lowest BCUT2D eigenvalue weighted by Crippen LogP contribution is -2.14. The van der Waals surface area contributed by atoms with Gasteiger partial charge in [-0.25, -0.2) is 9.37 Å². The van der Waals surface area contributed by atoms with Gasteiger partial charge in [0.25, 0.3) is 0 Å². The Bertz CT molecular complexity index is 802. The summed E-state index contributed by atoms with van der Waals surface area (Å²) >= 11 is 0. The number of para-hydroxylation sites is 1. The molecule has 0 saturated carbocycles. The number of pyridine rings is 2. The van der Waals surface area contributed by atoms with Gasteiger partial charge in [0.05, 0.1) is 11.7 Å². The van der Waals surface area contributed by atoms with Crippen LogP contribution in [-0.2, 0) is 6.42 Å². The molecule has 0 radical (unpaired) electrons. The van der Waals surface area contributed by atoms with Crippen molar-refractivity contribution < 1.29 is 4.39 Å². The second-order valence-corrected chi connectivity index (χ2v) is 5.64. The van der Waals surface area contributed by atoms with Crippen molar-refractivity contribution in [3.8, 4) is 0 Å². The third kappa shape index (κ3) is 3.98. The van der Waals surface area contributed by atoms with E-state index < -0.39 is 0 Å². The zero-order valence-corrected chi connectivity index (χ0v) is 13.7. The molecule has 124 valence electrons. The monoisotopic (exact) mass is 324 g/mol. The molecule has 0 fully saturated rings. The van der Waals surface area contributed by atoms with Gasteiger partial charge in [-0.3, -0.25) is 4.98 Å². The molecule has 2 heterocycles. The molecule has 4 nitrogen and oxygen atoms in total. The number of aromatic nitrogens is 2. The average molecular weight is 324 g/mol. The maximum Gasteiger partial charge on any atom is 0.141 e. The van der Waals surface area contributed by atoms with Crippen LogP contribution >= 0.6 is 0 Å². The zero-order valence-electron chi connectivity index (χ0n) is 13.7. The molecule has 24 heavy (non-hydrogen) atoms. The number of hydrogen-bond acceptors (Lipinski definition) is 4. The van der Waals surface area contributed by atoms with Crippen molar-refractivity contribution in [3.63, 3.8) is 0 Å². The van der Waals surface area contributed by atoms with Crippen LogP contribution in [0, 0.1) is 5.82 Å². The molecule has 0 amide bonds. The van der Waals surface area contributed by atoms with Crippen molar-refractivity contribution in [1.82, 2.24) is 9.97 Å². The Hall–Kier alpha value is -2.69. The van der Waals surface area contributed by atoms with E-state index in [1.165, 1.54) is 12.3 Å². The summed E-state index contributed by atoms with van der Waals surface area (Å²) in [6, 6.07) is 13.3. The Kier molecular flexibility index (Phi) is 5.21. The van der Waals surface area contributed by atoms with E-state index in [0.717, 1.165) is 41.7 Å². The minimum absolute atomic E-state index is 0.328. The van der Waals surface area contributed by atoms with E-state index in [2.05, 4.69) is 34.7 Å². The molecule has 0 bridgehead atoms. The third-order valence-electron chi connectivity index (χ3n) is 3.75. The van der Waals surface area contributed by atoms with Gasteiger partial charge >= 0.3 is 0 Å². The number of nitrogens with zero attached hydrogens (tertiary/aromatic N) is 2. The lowest BCUT2D eigenvalue weighted by atomic mass is 10.1. The number of nitrogens with one attached hydrogen (secondary N) is 2. The minimum atomic E-state index is -0.328. The van der Waals surface area contributed by atoms with Gasteiger partial charge in [0.15, 0.2) is 0 Å². The average Bonchev–Trinajstić information content (AvgIpc) is 2.60. The maximum atomic E-state index is 12.8. The van der Waals surface area contributed by atoms with Crippen molar-refractivity contribution in [2.24, 2.45) is 0 Å². The van der Waals surface area contributed by atoms with Crippen LogP contribution in [0.1, 0.15) is 19.0 Å². The lowest BCUT2D eigenvalue weighted by molar-refractivity contribution is 0.621. The second-order valence-electron chi connectivity index (χ2n) is 5.64. The molecule has 0 aliphatic carbocycles. The lowest BCUT2D eigenvalue weighted by Gasteiger charge is -2.12. The number of hydrogen-bond donors (Lipinski definition) is 2. The summed E-state index contributed by atoms with van der Waals surface area (Å²) in [6.07, 6.45) is 3.25. The molecule has 3 aromatic rings. The molecule has 5 heteroatoms. The summed E-state index contributed by atoms with van der Waals surface area (Å²) < 4.78 is 12.8. The summed E-state index contributed by atoms with van der Waals surface area (Å²) in [4.78, 5) is 8.70. The molecule has 2 N–H and O–H groups in total. The molecule has 2 aromatic heterocycles. The maximum absolute atomic E-state index is 12.8. The van der Waals surface area contributed by atoms with E-state index in [1.54, 1.807) is 6.07 Å². The van der Waals surface area contributed by atoms with Crippen LogP contribution in [-0.4, -0.2) is 23.1 Å². The molecule has 0 atom stereocenters. The second kappa shape index (κ2) is 7.73. The SMILES string of the molecule is CCCc1cc(NCCNc2ccc(F)cn2)c2ccccc2n1. The number of anilines is 2. The van der Waals surface area contributed by atoms with Crippen LogP contribution in [0.15, 0.2) is 48.7 Å². The van der Waals surface area contributed by atoms with Gasteiger partial charge in [0, 0.05) is 29.9 Å². The molecular formula is C19H21FN4. The van der Waals surface area contributed by atoms with Gasteiger partial charge in [-0.1, -0.05) is 31.5 Å². The number of halogens is 1. The van der Waals surface area contributed by atoms with Gasteiger partial charge in [-0.15, -0.1) is 0 Å². The van der Waals surface area contributed by atoms with Gasteiger partial charge in [0.2, 0.25) is 0 Å². The predicted octanol–water partition coefficient (Wildman–Crippen LogP) is 4.25. The minimum Gasteiger partial charge on any atom is -0.383 e. The van der Waals surface area contributed by atoms with E-state index in [4.69, 9.17) is 4.98 Å². The zero-order chi connectivity index (χ0) is 16.8. The van der Waals surface area contributed by atoms with Crippen molar-refractivity contribution in [3.05, 3.63) is 60.2 Å². The van der Waals surface area contributed by atoms with Crippen molar-refractivity contribution in [2.75, 3.05) is 23.7 Å². The fraction of sp³-hybridized carbons (Fsp3) is 0.263. The molecule has 0 aliphatic heterocycles. The van der Waals surface area contributed by atoms with E-state index in [-0.39, 0.29) is 5.82 Å². The van der Waals surface area contributed by atoms with Crippen molar-refractivity contribution >= 4 is 22.4 Å². The molecule has 3 rings (SSSR count). The topological polar surface area (TPSA) is 49.8 Å². The first-order valence-corrected chi connectivity index (χ1v) is 8.24. The van der Waals surface area contributed by atoms with Crippen molar-refractivity contribution in [2.45, 2.75) is 19.8 Å². The highest BCUT2D eigenvalue weighted by Crippen LogP contribution is 2.23. The molecule has 0 unspecified atom stereocenters. The van der Waals surface area contributed by atoms with Crippen LogP contribution < -0.4 is 10.6 Å². The Labute approximate surface area is 141 Å². The molecule has 1 aromatic carbocycles. The Morgan fingerprint density at radius 3 is 2.67 bits per heavy atom. The summed E-state index contributed by atoms with van der Waals surface area (Å²) in [7, 11) is 0. The first-order valence-electron chi connectivity index (χ1n) is 8.24. The Morgan fingerprint density at radius 1 is 1.04 bits per heavy atom. The molecule has 0 spiro atoms.